The zero-order valence-corrected chi connectivity index (χ0v) is 7.38. The van der Waals surface area contributed by atoms with Gasteiger partial charge >= 0.3 is 0 Å². The van der Waals surface area contributed by atoms with Crippen LogP contribution in [-0.2, 0) is 0 Å². The number of aliphatic imine (C=N–C) groups is 1. The molecule has 0 radical (unpaired) electrons. The van der Waals surface area contributed by atoms with Gasteiger partial charge in [-0.1, -0.05) is 0 Å². The maximum absolute atomic E-state index is 12.9. The van der Waals surface area contributed by atoms with Gasteiger partial charge in [-0.15, -0.1) is 0 Å². The molecule has 0 saturated carbocycles. The van der Waals surface area contributed by atoms with E-state index in [0.717, 1.165) is 13.0 Å². The van der Waals surface area contributed by atoms with E-state index in [4.69, 9.17) is 0 Å². The summed E-state index contributed by atoms with van der Waals surface area (Å²) >= 11 is 4.18. The highest BCUT2D eigenvalue weighted by atomic mass is 32.1. The first-order valence-corrected chi connectivity index (χ1v) is 3.70. The van der Waals surface area contributed by atoms with Crippen molar-refractivity contribution in [1.82, 2.24) is 0 Å². The summed E-state index contributed by atoms with van der Waals surface area (Å²) in [5.41, 5.74) is -0.851. The molecule has 1 aromatic carbocycles. The van der Waals surface area contributed by atoms with Gasteiger partial charge in [0.1, 0.15) is 11.5 Å². The predicted octanol–water partition coefficient (Wildman–Crippen LogP) is 3.15. The predicted molar refractivity (Wildman–Crippen MR) is 45.7 cm³/mol. The van der Waals surface area contributed by atoms with Crippen molar-refractivity contribution in [3.63, 3.8) is 0 Å². The van der Waals surface area contributed by atoms with Gasteiger partial charge in [-0.2, -0.15) is 4.99 Å². The smallest absolute Gasteiger partial charge is 0.185 e. The highest BCUT2D eigenvalue weighted by Gasteiger charge is 2.14. The maximum Gasteiger partial charge on any atom is 0.185 e. The lowest BCUT2D eigenvalue weighted by atomic mass is 10.2. The van der Waals surface area contributed by atoms with E-state index in [9.17, 15) is 13.2 Å². The molecule has 1 nitrogen and oxygen atoms in total. The molecule has 0 spiro atoms. The standard InChI is InChI=1S/C8H4F3NS/c1-4-5(9)2-6(12-3-13)8(11)7(4)10/h2H,1H3. The number of benzene rings is 1. The van der Waals surface area contributed by atoms with E-state index >= 15 is 0 Å². The summed E-state index contributed by atoms with van der Waals surface area (Å²) in [6.45, 7) is 1.14. The van der Waals surface area contributed by atoms with E-state index in [1.807, 2.05) is 5.16 Å². The molecule has 5 heteroatoms. The van der Waals surface area contributed by atoms with Gasteiger partial charge in [0, 0.05) is 11.6 Å². The molecule has 0 amide bonds. The van der Waals surface area contributed by atoms with Gasteiger partial charge in [-0.25, -0.2) is 13.2 Å². The lowest BCUT2D eigenvalue weighted by molar-refractivity contribution is 0.488. The largest absolute Gasteiger partial charge is 0.207 e. The monoisotopic (exact) mass is 203 g/mol. The van der Waals surface area contributed by atoms with Crippen molar-refractivity contribution >= 4 is 23.1 Å². The first-order chi connectivity index (χ1) is 6.07. The highest BCUT2D eigenvalue weighted by molar-refractivity contribution is 7.78. The molecule has 0 N–H and O–H groups in total. The van der Waals surface area contributed by atoms with E-state index in [2.05, 4.69) is 17.2 Å². The Balaban J connectivity index is 3.49. The second-order valence-electron chi connectivity index (χ2n) is 2.33. The molecule has 13 heavy (non-hydrogen) atoms. The maximum atomic E-state index is 12.9. The van der Waals surface area contributed by atoms with Crippen LogP contribution in [0.1, 0.15) is 5.56 Å². The highest BCUT2D eigenvalue weighted by Crippen LogP contribution is 2.24. The molecule has 0 atom stereocenters. The van der Waals surface area contributed by atoms with Crippen LogP contribution in [0.25, 0.3) is 0 Å². The third-order valence-electron chi connectivity index (χ3n) is 1.53. The zero-order valence-electron chi connectivity index (χ0n) is 6.57. The van der Waals surface area contributed by atoms with Crippen LogP contribution in [0.5, 0.6) is 0 Å². The molecular formula is C8H4F3NS. The number of rotatable bonds is 1. The number of hydrogen-bond acceptors (Lipinski definition) is 2. The van der Waals surface area contributed by atoms with Crippen LogP contribution < -0.4 is 0 Å². The molecule has 68 valence electrons. The number of nitrogens with zero attached hydrogens (tertiary/aromatic N) is 1. The molecule has 0 bridgehead atoms. The van der Waals surface area contributed by atoms with Crippen molar-refractivity contribution in [2.45, 2.75) is 6.92 Å². The van der Waals surface area contributed by atoms with Crippen molar-refractivity contribution in [1.29, 1.82) is 0 Å². The average Bonchev–Trinajstić information content (AvgIpc) is 2.11. The van der Waals surface area contributed by atoms with Gasteiger partial charge in [-0.3, -0.25) is 0 Å². The summed E-state index contributed by atoms with van der Waals surface area (Å²) in [7, 11) is 0. The fraction of sp³-hybridized carbons (Fsp3) is 0.125. The lowest BCUT2D eigenvalue weighted by Crippen LogP contribution is -1.93. The Morgan fingerprint density at radius 2 is 1.92 bits per heavy atom. The molecule has 1 rings (SSSR count). The summed E-state index contributed by atoms with van der Waals surface area (Å²) in [6, 6.07) is 0.771. The second kappa shape index (κ2) is 3.68. The lowest BCUT2D eigenvalue weighted by Gasteiger charge is -2.01. The Bertz CT molecular complexity index is 397. The molecule has 0 aliphatic heterocycles. The van der Waals surface area contributed by atoms with Crippen LogP contribution >= 0.6 is 12.2 Å². The van der Waals surface area contributed by atoms with Crippen LogP contribution in [0.4, 0.5) is 18.9 Å². The summed E-state index contributed by atoms with van der Waals surface area (Å²) < 4.78 is 38.6. The number of hydrogen-bond donors (Lipinski definition) is 0. The average molecular weight is 203 g/mol. The van der Waals surface area contributed by atoms with Gasteiger partial charge in [0.05, 0.1) is 5.16 Å². The zero-order chi connectivity index (χ0) is 10.0. The summed E-state index contributed by atoms with van der Waals surface area (Å²) in [6.07, 6.45) is 0. The van der Waals surface area contributed by atoms with Gasteiger partial charge in [0.15, 0.2) is 11.6 Å². The van der Waals surface area contributed by atoms with Crippen molar-refractivity contribution in [2.24, 2.45) is 4.99 Å². The molecule has 0 unspecified atom stereocenters. The molecule has 0 heterocycles. The quantitative estimate of drug-likeness (QED) is 0.388. The van der Waals surface area contributed by atoms with Crippen LogP contribution in [0.3, 0.4) is 0 Å². The van der Waals surface area contributed by atoms with Crippen molar-refractivity contribution < 1.29 is 13.2 Å². The van der Waals surface area contributed by atoms with E-state index in [1.165, 1.54) is 0 Å². The minimum atomic E-state index is -1.25. The van der Waals surface area contributed by atoms with Gasteiger partial charge < -0.3 is 0 Å². The van der Waals surface area contributed by atoms with E-state index in [0.29, 0.717) is 0 Å². The van der Waals surface area contributed by atoms with E-state index < -0.39 is 23.1 Å². The van der Waals surface area contributed by atoms with Crippen LogP contribution in [-0.4, -0.2) is 5.16 Å². The third-order valence-corrected chi connectivity index (χ3v) is 1.63. The minimum absolute atomic E-state index is 0.374. The topological polar surface area (TPSA) is 12.4 Å². The van der Waals surface area contributed by atoms with Gasteiger partial charge in [0.2, 0.25) is 0 Å². The number of halogens is 3. The molecule has 0 saturated heterocycles. The summed E-state index contributed by atoms with van der Waals surface area (Å²) in [5, 5.41) is 1.83. The minimum Gasteiger partial charge on any atom is -0.207 e. The molecule has 0 aliphatic carbocycles. The Kier molecular flexibility index (Phi) is 2.80. The second-order valence-corrected chi connectivity index (χ2v) is 2.52. The number of thiocarbonyl (C=S) groups is 1. The van der Waals surface area contributed by atoms with Crippen LogP contribution in [0.15, 0.2) is 11.1 Å². The first-order valence-electron chi connectivity index (χ1n) is 3.30. The normalized spacial score (nSPS) is 9.54. The van der Waals surface area contributed by atoms with Crippen molar-refractivity contribution in [3.05, 3.63) is 29.1 Å². The fourth-order valence-electron chi connectivity index (χ4n) is 0.804. The Labute approximate surface area is 77.9 Å². The van der Waals surface area contributed by atoms with Crippen molar-refractivity contribution in [3.8, 4) is 0 Å². The van der Waals surface area contributed by atoms with E-state index in [1.54, 1.807) is 0 Å². The Morgan fingerprint density at radius 1 is 1.31 bits per heavy atom. The van der Waals surface area contributed by atoms with E-state index in [-0.39, 0.29) is 5.56 Å². The first kappa shape index (κ1) is 9.89. The Hall–Kier alpha value is -1.19. The molecular weight excluding hydrogens is 199 g/mol. The summed E-state index contributed by atoms with van der Waals surface area (Å²) in [4.78, 5) is 3.18. The third kappa shape index (κ3) is 1.76. The molecule has 1 aromatic rings. The van der Waals surface area contributed by atoms with Gasteiger partial charge in [-0.05, 0) is 19.1 Å². The molecule has 0 aromatic heterocycles. The Morgan fingerprint density at radius 3 is 2.46 bits per heavy atom. The summed E-state index contributed by atoms with van der Waals surface area (Å²) in [5.74, 6) is -3.32. The SMILES string of the molecule is Cc1c(F)cc(N=C=S)c(F)c1F. The van der Waals surface area contributed by atoms with Crippen LogP contribution in [0.2, 0.25) is 0 Å². The van der Waals surface area contributed by atoms with Gasteiger partial charge in [0.25, 0.3) is 0 Å². The van der Waals surface area contributed by atoms with Crippen molar-refractivity contribution in [2.75, 3.05) is 0 Å². The fourth-order valence-corrected chi connectivity index (χ4v) is 0.902. The number of isothiocyanates is 1. The van der Waals surface area contributed by atoms with Crippen LogP contribution in [0, 0.1) is 24.4 Å². The molecule has 0 aliphatic rings. The molecule has 0 fully saturated rings.